The summed E-state index contributed by atoms with van der Waals surface area (Å²) in [5.74, 6) is -0.347. The van der Waals surface area contributed by atoms with Gasteiger partial charge in [0.05, 0.1) is 24.4 Å². The molecule has 0 heterocycles. The Balaban J connectivity index is 2.21. The van der Waals surface area contributed by atoms with Gasteiger partial charge < -0.3 is 15.8 Å². The smallest absolute Gasteiger partial charge is 0.389 e. The van der Waals surface area contributed by atoms with Crippen LogP contribution in [0.25, 0.3) is 0 Å². The maximum atomic E-state index is 11.9. The summed E-state index contributed by atoms with van der Waals surface area (Å²) < 4.78 is 40.6. The quantitative estimate of drug-likeness (QED) is 0.595. The first-order chi connectivity index (χ1) is 9.78. The summed E-state index contributed by atoms with van der Waals surface area (Å²) in [6.07, 6.45) is -5.16. The Kier molecular flexibility index (Phi) is 6.77. The van der Waals surface area contributed by atoms with Gasteiger partial charge in [-0.2, -0.15) is 13.2 Å². The fraction of sp³-hybridized carbons (Fsp3) is 0.462. The highest BCUT2D eigenvalue weighted by atomic mass is 35.5. The molecule has 0 aliphatic carbocycles. The van der Waals surface area contributed by atoms with Crippen molar-refractivity contribution in [3.63, 3.8) is 0 Å². The summed E-state index contributed by atoms with van der Waals surface area (Å²) in [4.78, 5) is 11.6. The Bertz CT molecular complexity index is 481. The van der Waals surface area contributed by atoms with E-state index < -0.39 is 12.6 Å². The van der Waals surface area contributed by atoms with Gasteiger partial charge in [-0.3, -0.25) is 4.79 Å². The lowest BCUT2D eigenvalue weighted by molar-refractivity contribution is -0.138. The van der Waals surface area contributed by atoms with Gasteiger partial charge in [0.2, 0.25) is 5.91 Å². The molecule has 1 rings (SSSR count). The second-order valence-corrected chi connectivity index (χ2v) is 4.80. The van der Waals surface area contributed by atoms with Gasteiger partial charge in [-0.05, 0) is 24.6 Å². The Morgan fingerprint density at radius 1 is 1.33 bits per heavy atom. The van der Waals surface area contributed by atoms with Gasteiger partial charge in [0, 0.05) is 18.1 Å². The summed E-state index contributed by atoms with van der Waals surface area (Å²) in [6, 6.07) is 4.67. The lowest BCUT2D eigenvalue weighted by atomic mass is 10.2. The topological polar surface area (TPSA) is 64.3 Å². The van der Waals surface area contributed by atoms with Crippen molar-refractivity contribution in [3.8, 4) is 0 Å². The highest BCUT2D eigenvalue weighted by Crippen LogP contribution is 2.23. The fourth-order valence-electron chi connectivity index (χ4n) is 1.49. The number of ether oxygens (including phenoxy) is 1. The summed E-state index contributed by atoms with van der Waals surface area (Å²) >= 11 is 5.78. The van der Waals surface area contributed by atoms with E-state index in [9.17, 15) is 18.0 Å². The molecule has 3 N–H and O–H groups in total. The average Bonchev–Trinajstić information content (AvgIpc) is 2.37. The lowest BCUT2D eigenvalue weighted by Crippen LogP contribution is -2.16. The van der Waals surface area contributed by atoms with E-state index in [-0.39, 0.29) is 32.0 Å². The van der Waals surface area contributed by atoms with Crippen LogP contribution in [0.1, 0.15) is 19.3 Å². The number of carbonyl (C=O) groups is 1. The Hall–Kier alpha value is -1.47. The molecule has 0 bridgehead atoms. The predicted molar refractivity (Wildman–Crippen MR) is 75.2 cm³/mol. The number of halogens is 4. The second-order valence-electron chi connectivity index (χ2n) is 4.36. The van der Waals surface area contributed by atoms with Crippen LogP contribution < -0.4 is 11.1 Å². The van der Waals surface area contributed by atoms with Crippen molar-refractivity contribution in [2.45, 2.75) is 25.4 Å². The number of nitrogens with two attached hydrogens (primary N) is 1. The Morgan fingerprint density at radius 3 is 2.71 bits per heavy atom. The zero-order valence-corrected chi connectivity index (χ0v) is 11.9. The summed E-state index contributed by atoms with van der Waals surface area (Å²) in [7, 11) is 0. The molecule has 0 fully saturated rings. The minimum atomic E-state index is -4.18. The van der Waals surface area contributed by atoms with Crippen LogP contribution in [0, 0.1) is 0 Å². The predicted octanol–water partition coefficient (Wildman–Crippen LogP) is 3.61. The molecule has 4 nitrogen and oxygen atoms in total. The number of nitrogen functional groups attached to an aromatic ring is 1. The van der Waals surface area contributed by atoms with Gasteiger partial charge in [-0.1, -0.05) is 11.6 Å². The molecule has 0 atom stereocenters. The van der Waals surface area contributed by atoms with Crippen LogP contribution in [0.2, 0.25) is 5.02 Å². The largest absolute Gasteiger partial charge is 0.397 e. The third-order valence-corrected chi connectivity index (χ3v) is 2.75. The molecular formula is C13H16ClF3N2O2. The number of anilines is 2. The molecule has 1 amide bonds. The van der Waals surface area contributed by atoms with E-state index in [0.717, 1.165) is 0 Å². The first kappa shape index (κ1) is 17.6. The van der Waals surface area contributed by atoms with E-state index >= 15 is 0 Å². The standard InChI is InChI=1S/C13H16ClF3N2O2/c14-9-2-3-10(18)11(8-9)19-12(20)4-7-21-6-1-5-13(15,16)17/h2-3,8H,1,4-7,18H2,(H,19,20). The van der Waals surface area contributed by atoms with Gasteiger partial charge in [0.1, 0.15) is 0 Å². The molecule has 118 valence electrons. The molecule has 0 aliphatic heterocycles. The average molecular weight is 325 g/mol. The van der Waals surface area contributed by atoms with Crippen molar-refractivity contribution in [1.82, 2.24) is 0 Å². The van der Waals surface area contributed by atoms with Gasteiger partial charge >= 0.3 is 6.18 Å². The molecule has 0 aromatic heterocycles. The Morgan fingerprint density at radius 2 is 2.05 bits per heavy atom. The highest BCUT2D eigenvalue weighted by molar-refractivity contribution is 6.31. The normalized spacial score (nSPS) is 11.4. The minimum absolute atomic E-state index is 0.0258. The van der Waals surface area contributed by atoms with Crippen molar-refractivity contribution in [2.24, 2.45) is 0 Å². The maximum absolute atomic E-state index is 11.9. The van der Waals surface area contributed by atoms with E-state index in [0.29, 0.717) is 16.4 Å². The van der Waals surface area contributed by atoms with E-state index in [2.05, 4.69) is 5.32 Å². The fourth-order valence-corrected chi connectivity index (χ4v) is 1.66. The molecule has 8 heteroatoms. The summed E-state index contributed by atoms with van der Waals surface area (Å²) in [5.41, 5.74) is 6.43. The van der Waals surface area contributed by atoms with Gasteiger partial charge in [0.25, 0.3) is 0 Å². The molecule has 0 spiro atoms. The number of hydrogen-bond acceptors (Lipinski definition) is 3. The molecule has 21 heavy (non-hydrogen) atoms. The SMILES string of the molecule is Nc1ccc(Cl)cc1NC(=O)CCOCCCC(F)(F)F. The van der Waals surface area contributed by atoms with Crippen molar-refractivity contribution in [3.05, 3.63) is 23.2 Å². The lowest BCUT2D eigenvalue weighted by Gasteiger charge is -2.09. The van der Waals surface area contributed by atoms with E-state index in [4.69, 9.17) is 22.1 Å². The van der Waals surface area contributed by atoms with Gasteiger partial charge in [0.15, 0.2) is 0 Å². The summed E-state index contributed by atoms with van der Waals surface area (Å²) in [6.45, 7) is 0.0102. The third-order valence-electron chi connectivity index (χ3n) is 2.51. The third kappa shape index (κ3) is 7.77. The van der Waals surface area contributed by atoms with Crippen LogP contribution in [0.3, 0.4) is 0 Å². The van der Waals surface area contributed by atoms with Gasteiger partial charge in [-0.15, -0.1) is 0 Å². The van der Waals surface area contributed by atoms with Crippen molar-refractivity contribution < 1.29 is 22.7 Å². The number of amides is 1. The van der Waals surface area contributed by atoms with Crippen molar-refractivity contribution in [2.75, 3.05) is 24.3 Å². The zero-order valence-electron chi connectivity index (χ0n) is 11.2. The molecular weight excluding hydrogens is 309 g/mol. The van der Waals surface area contributed by atoms with E-state index in [1.165, 1.54) is 6.07 Å². The van der Waals surface area contributed by atoms with E-state index in [1.807, 2.05) is 0 Å². The van der Waals surface area contributed by atoms with Crippen LogP contribution in [0.5, 0.6) is 0 Å². The van der Waals surface area contributed by atoms with Crippen molar-refractivity contribution >= 4 is 28.9 Å². The number of hydrogen-bond donors (Lipinski definition) is 2. The number of benzene rings is 1. The second kappa shape index (κ2) is 8.09. The van der Waals surface area contributed by atoms with Crippen LogP contribution in [-0.2, 0) is 9.53 Å². The number of nitrogens with one attached hydrogen (secondary N) is 1. The molecule has 0 aliphatic rings. The van der Waals surface area contributed by atoms with Crippen LogP contribution in [0.15, 0.2) is 18.2 Å². The molecule has 0 unspecified atom stereocenters. The molecule has 0 saturated heterocycles. The number of carbonyl (C=O) groups excluding carboxylic acids is 1. The number of alkyl halides is 3. The Labute approximate surface area is 125 Å². The molecule has 1 aromatic rings. The number of rotatable bonds is 7. The van der Waals surface area contributed by atoms with E-state index in [1.54, 1.807) is 12.1 Å². The van der Waals surface area contributed by atoms with Crippen LogP contribution in [0.4, 0.5) is 24.5 Å². The minimum Gasteiger partial charge on any atom is -0.397 e. The monoisotopic (exact) mass is 324 g/mol. The maximum Gasteiger partial charge on any atom is 0.389 e. The first-order valence-corrected chi connectivity index (χ1v) is 6.65. The molecule has 0 saturated carbocycles. The van der Waals surface area contributed by atoms with Gasteiger partial charge in [-0.25, -0.2) is 0 Å². The molecule has 0 radical (unpaired) electrons. The molecule has 1 aromatic carbocycles. The van der Waals surface area contributed by atoms with Crippen LogP contribution in [-0.4, -0.2) is 25.3 Å². The van der Waals surface area contributed by atoms with Crippen LogP contribution >= 0.6 is 11.6 Å². The summed E-state index contributed by atoms with van der Waals surface area (Å²) in [5, 5.41) is 2.99. The highest BCUT2D eigenvalue weighted by Gasteiger charge is 2.25. The zero-order chi connectivity index (χ0) is 15.9. The van der Waals surface area contributed by atoms with Crippen molar-refractivity contribution in [1.29, 1.82) is 0 Å². The first-order valence-electron chi connectivity index (χ1n) is 6.27.